The van der Waals surface area contributed by atoms with Gasteiger partial charge in [0.2, 0.25) is 0 Å². The van der Waals surface area contributed by atoms with Crippen LogP contribution in [0.2, 0.25) is 0 Å². The van der Waals surface area contributed by atoms with Crippen LogP contribution in [0.4, 0.5) is 0 Å². The molecule has 0 aliphatic carbocycles. The quantitative estimate of drug-likeness (QED) is 0.780. The van der Waals surface area contributed by atoms with Gasteiger partial charge in [-0.05, 0) is 34.1 Å². The fourth-order valence-corrected chi connectivity index (χ4v) is 3.06. The summed E-state index contributed by atoms with van der Waals surface area (Å²) >= 11 is 0. The fraction of sp³-hybridized carbons (Fsp3) is 0.400. The summed E-state index contributed by atoms with van der Waals surface area (Å²) in [6.45, 7) is 10.1. The molecule has 0 saturated carbocycles. The van der Waals surface area contributed by atoms with Gasteiger partial charge in [-0.1, -0.05) is 69.3 Å². The van der Waals surface area contributed by atoms with E-state index in [9.17, 15) is 0 Å². The lowest BCUT2D eigenvalue weighted by Gasteiger charge is -2.29. The smallest absolute Gasteiger partial charge is 0.0240 e. The molecule has 0 spiro atoms. The zero-order valence-corrected chi connectivity index (χ0v) is 13.4. The number of fused-ring (bicyclic) bond motifs is 1. The summed E-state index contributed by atoms with van der Waals surface area (Å²) in [6.07, 6.45) is 1.18. The SMILES string of the molecule is CC(C)(C)c1ccc(CN2CCc3ccccc3C2)cc1. The van der Waals surface area contributed by atoms with E-state index < -0.39 is 0 Å². The highest BCUT2D eigenvalue weighted by molar-refractivity contribution is 5.30. The second kappa shape index (κ2) is 5.65. The summed E-state index contributed by atoms with van der Waals surface area (Å²) in [5, 5.41) is 0. The highest BCUT2D eigenvalue weighted by atomic mass is 15.1. The number of hydrogen-bond acceptors (Lipinski definition) is 1. The lowest BCUT2D eigenvalue weighted by molar-refractivity contribution is 0.245. The van der Waals surface area contributed by atoms with Crippen LogP contribution in [0.5, 0.6) is 0 Å². The Morgan fingerprint density at radius 1 is 0.905 bits per heavy atom. The molecule has 1 heterocycles. The summed E-state index contributed by atoms with van der Waals surface area (Å²) in [7, 11) is 0. The van der Waals surface area contributed by atoms with Crippen molar-refractivity contribution in [1.29, 1.82) is 0 Å². The van der Waals surface area contributed by atoms with Crippen LogP contribution in [0, 0.1) is 0 Å². The highest BCUT2D eigenvalue weighted by Crippen LogP contribution is 2.24. The molecule has 2 aromatic rings. The first kappa shape index (κ1) is 14.3. The molecule has 2 aromatic carbocycles. The van der Waals surface area contributed by atoms with Crippen LogP contribution in [-0.4, -0.2) is 11.4 Å². The predicted octanol–water partition coefficient (Wildman–Crippen LogP) is 4.54. The van der Waals surface area contributed by atoms with Crippen molar-refractivity contribution in [3.8, 4) is 0 Å². The second-order valence-corrected chi connectivity index (χ2v) is 7.18. The first-order valence-electron chi connectivity index (χ1n) is 7.91. The third-order valence-electron chi connectivity index (χ3n) is 4.44. The van der Waals surface area contributed by atoms with E-state index in [0.29, 0.717) is 0 Å². The van der Waals surface area contributed by atoms with Gasteiger partial charge in [0.25, 0.3) is 0 Å². The van der Waals surface area contributed by atoms with E-state index in [-0.39, 0.29) is 5.41 Å². The molecule has 0 saturated heterocycles. The maximum absolute atomic E-state index is 2.55. The average Bonchev–Trinajstić information content (AvgIpc) is 2.47. The normalized spacial score (nSPS) is 15.8. The van der Waals surface area contributed by atoms with E-state index in [1.807, 2.05) is 0 Å². The van der Waals surface area contributed by atoms with Gasteiger partial charge in [0.15, 0.2) is 0 Å². The maximum atomic E-state index is 2.55. The number of benzene rings is 2. The Morgan fingerprint density at radius 3 is 2.24 bits per heavy atom. The molecule has 0 fully saturated rings. The molecule has 1 nitrogen and oxygen atoms in total. The lowest BCUT2D eigenvalue weighted by atomic mass is 9.86. The molecule has 0 amide bonds. The van der Waals surface area contributed by atoms with Crippen LogP contribution in [0.3, 0.4) is 0 Å². The van der Waals surface area contributed by atoms with E-state index in [0.717, 1.165) is 19.6 Å². The minimum atomic E-state index is 0.239. The standard InChI is InChI=1S/C20H25N/c1-20(2,3)19-10-8-16(9-11-19)14-21-13-12-17-6-4-5-7-18(17)15-21/h4-11H,12-15H2,1-3H3. The van der Waals surface area contributed by atoms with Crippen LogP contribution in [0.15, 0.2) is 48.5 Å². The zero-order chi connectivity index (χ0) is 14.9. The van der Waals surface area contributed by atoms with Gasteiger partial charge in [-0.25, -0.2) is 0 Å². The van der Waals surface area contributed by atoms with Crippen molar-refractivity contribution in [2.24, 2.45) is 0 Å². The number of rotatable bonds is 2. The molecule has 0 N–H and O–H groups in total. The van der Waals surface area contributed by atoms with Gasteiger partial charge in [0, 0.05) is 19.6 Å². The van der Waals surface area contributed by atoms with E-state index in [2.05, 4.69) is 74.2 Å². The minimum Gasteiger partial charge on any atom is -0.294 e. The highest BCUT2D eigenvalue weighted by Gasteiger charge is 2.16. The first-order valence-corrected chi connectivity index (χ1v) is 7.91. The monoisotopic (exact) mass is 279 g/mol. The van der Waals surface area contributed by atoms with E-state index >= 15 is 0 Å². The average molecular weight is 279 g/mol. The number of hydrogen-bond donors (Lipinski definition) is 0. The molecule has 0 aromatic heterocycles. The molecule has 1 heteroatoms. The molecule has 110 valence electrons. The van der Waals surface area contributed by atoms with Crippen molar-refractivity contribution in [2.45, 2.75) is 45.7 Å². The van der Waals surface area contributed by atoms with Crippen molar-refractivity contribution in [3.05, 3.63) is 70.8 Å². The molecular formula is C20H25N. The molecule has 3 rings (SSSR count). The van der Waals surface area contributed by atoms with Gasteiger partial charge >= 0.3 is 0 Å². The van der Waals surface area contributed by atoms with Crippen molar-refractivity contribution in [1.82, 2.24) is 4.90 Å². The molecule has 0 atom stereocenters. The minimum absolute atomic E-state index is 0.239. The Kier molecular flexibility index (Phi) is 3.86. The molecule has 0 radical (unpaired) electrons. The maximum Gasteiger partial charge on any atom is 0.0240 e. The van der Waals surface area contributed by atoms with Crippen molar-refractivity contribution >= 4 is 0 Å². The third-order valence-corrected chi connectivity index (χ3v) is 4.44. The van der Waals surface area contributed by atoms with Crippen LogP contribution >= 0.6 is 0 Å². The van der Waals surface area contributed by atoms with Gasteiger partial charge in [0.05, 0.1) is 0 Å². The Bertz CT molecular complexity index is 604. The topological polar surface area (TPSA) is 3.24 Å². The van der Waals surface area contributed by atoms with Crippen LogP contribution < -0.4 is 0 Å². The van der Waals surface area contributed by atoms with Gasteiger partial charge in [0.1, 0.15) is 0 Å². The zero-order valence-electron chi connectivity index (χ0n) is 13.4. The molecule has 0 bridgehead atoms. The van der Waals surface area contributed by atoms with Crippen molar-refractivity contribution in [2.75, 3.05) is 6.54 Å². The molecule has 1 aliphatic rings. The van der Waals surface area contributed by atoms with Crippen molar-refractivity contribution in [3.63, 3.8) is 0 Å². The summed E-state index contributed by atoms with van der Waals surface area (Å²) in [4.78, 5) is 2.55. The molecular weight excluding hydrogens is 254 g/mol. The predicted molar refractivity (Wildman–Crippen MR) is 89.4 cm³/mol. The van der Waals surface area contributed by atoms with Crippen LogP contribution in [0.25, 0.3) is 0 Å². The Balaban J connectivity index is 1.68. The Labute approximate surface area is 128 Å². The Morgan fingerprint density at radius 2 is 1.57 bits per heavy atom. The summed E-state index contributed by atoms with van der Waals surface area (Å²) in [6, 6.07) is 18.0. The molecule has 1 aliphatic heterocycles. The molecule has 21 heavy (non-hydrogen) atoms. The first-order chi connectivity index (χ1) is 10.0. The van der Waals surface area contributed by atoms with Gasteiger partial charge in [-0.15, -0.1) is 0 Å². The Hall–Kier alpha value is -1.60. The van der Waals surface area contributed by atoms with Gasteiger partial charge in [-0.3, -0.25) is 4.90 Å². The third kappa shape index (κ3) is 3.36. The summed E-state index contributed by atoms with van der Waals surface area (Å²) in [5.74, 6) is 0. The van der Waals surface area contributed by atoms with Gasteiger partial charge < -0.3 is 0 Å². The van der Waals surface area contributed by atoms with Crippen LogP contribution in [0.1, 0.15) is 43.0 Å². The van der Waals surface area contributed by atoms with E-state index in [4.69, 9.17) is 0 Å². The van der Waals surface area contributed by atoms with Crippen molar-refractivity contribution < 1.29 is 0 Å². The van der Waals surface area contributed by atoms with Crippen LogP contribution in [-0.2, 0) is 24.9 Å². The summed E-state index contributed by atoms with van der Waals surface area (Å²) in [5.41, 5.74) is 6.09. The van der Waals surface area contributed by atoms with E-state index in [1.54, 1.807) is 0 Å². The van der Waals surface area contributed by atoms with E-state index in [1.165, 1.54) is 28.7 Å². The number of nitrogens with zero attached hydrogens (tertiary/aromatic N) is 1. The lowest BCUT2D eigenvalue weighted by Crippen LogP contribution is -2.30. The fourth-order valence-electron chi connectivity index (χ4n) is 3.06. The largest absolute Gasteiger partial charge is 0.294 e. The molecule has 0 unspecified atom stereocenters. The van der Waals surface area contributed by atoms with Gasteiger partial charge in [-0.2, -0.15) is 0 Å². The second-order valence-electron chi connectivity index (χ2n) is 7.18. The summed E-state index contributed by atoms with van der Waals surface area (Å²) < 4.78 is 0.